The fourth-order valence-electron chi connectivity index (χ4n) is 6.62. The second kappa shape index (κ2) is 16.4. The molecule has 2 nitrogen and oxygen atoms in total. The average molecular weight is 703 g/mol. The van der Waals surface area contributed by atoms with E-state index in [2.05, 4.69) is 147 Å². The van der Waals surface area contributed by atoms with Gasteiger partial charge in [0.2, 0.25) is 0 Å². The highest BCUT2D eigenvalue weighted by atomic mass is 31.2. The van der Waals surface area contributed by atoms with Crippen LogP contribution < -0.4 is 41.3 Å². The number of ether oxygens (including phenoxy) is 2. The van der Waals surface area contributed by atoms with Crippen LogP contribution in [0, 0.1) is 0 Å². The maximum Gasteiger partial charge on any atom is 0.123 e. The largest absolute Gasteiger partial charge is 0.491 e. The first kappa shape index (κ1) is 35.2. The third-order valence-electron chi connectivity index (χ3n) is 9.22. The van der Waals surface area contributed by atoms with Gasteiger partial charge >= 0.3 is 0 Å². The van der Waals surface area contributed by atoms with Crippen LogP contribution >= 0.6 is 14.5 Å². The van der Waals surface area contributed by atoms with Crippen LogP contribution in [-0.4, -0.2) is 39.4 Å². The van der Waals surface area contributed by atoms with E-state index in [1.54, 1.807) is 0 Å². The van der Waals surface area contributed by atoms with Crippen molar-refractivity contribution < 1.29 is 18.3 Å². The van der Waals surface area contributed by atoms with Gasteiger partial charge in [0, 0.05) is 0 Å². The molecule has 2 unspecified atom stereocenters. The lowest BCUT2D eigenvalue weighted by molar-refractivity contribution is 0.273. The highest BCUT2D eigenvalue weighted by molar-refractivity contribution is 7.96. The van der Waals surface area contributed by atoms with Crippen LogP contribution in [-0.2, 0) is 0 Å². The summed E-state index contributed by atoms with van der Waals surface area (Å²) >= 11 is 0. The molecule has 6 rings (SSSR count). The van der Waals surface area contributed by atoms with E-state index in [9.17, 15) is 8.78 Å². The maximum atomic E-state index is 12.8. The molecule has 0 aliphatic carbocycles. The first-order chi connectivity index (χ1) is 24.5. The van der Waals surface area contributed by atoms with Gasteiger partial charge in [-0.15, -0.1) is 0 Å². The van der Waals surface area contributed by atoms with Crippen molar-refractivity contribution >= 4 is 46.4 Å². The molecule has 0 bridgehead atoms. The first-order valence-corrected chi connectivity index (χ1v) is 21.0. The van der Waals surface area contributed by atoms with Crippen LogP contribution in [0.5, 0.6) is 11.5 Å². The monoisotopic (exact) mass is 702 g/mol. The molecule has 0 radical (unpaired) electrons. The van der Waals surface area contributed by atoms with Gasteiger partial charge in [0.15, 0.2) is 0 Å². The summed E-state index contributed by atoms with van der Waals surface area (Å²) in [5.74, 6) is 1.34. The van der Waals surface area contributed by atoms with Gasteiger partial charge in [-0.05, 0) is 108 Å². The van der Waals surface area contributed by atoms with Crippen LogP contribution in [0.4, 0.5) is 8.78 Å². The van der Waals surface area contributed by atoms with E-state index in [4.69, 9.17) is 9.47 Å². The van der Waals surface area contributed by atoms with Gasteiger partial charge in [-0.3, -0.25) is 0 Å². The van der Waals surface area contributed by atoms with Crippen LogP contribution in [0.2, 0.25) is 0 Å². The maximum absolute atomic E-state index is 12.8. The van der Waals surface area contributed by atoms with Gasteiger partial charge in [-0.1, -0.05) is 73.3 Å². The molecular weight excluding hydrogens is 660 g/mol. The summed E-state index contributed by atoms with van der Waals surface area (Å²) in [7, 11) is -4.05. The number of hydrogen-bond donors (Lipinski definition) is 0. The van der Waals surface area contributed by atoms with Crippen molar-refractivity contribution in [1.82, 2.24) is 0 Å². The highest BCUT2D eigenvalue weighted by Gasteiger charge is 2.44. The molecule has 0 heterocycles. The van der Waals surface area contributed by atoms with E-state index in [1.165, 1.54) is 31.8 Å². The van der Waals surface area contributed by atoms with E-state index >= 15 is 0 Å². The second-order valence-corrected chi connectivity index (χ2v) is 19.2. The van der Waals surface area contributed by atoms with Crippen LogP contribution in [0.1, 0.15) is 0 Å². The SMILES string of the molecule is C=CC[P+](c1ccccc1)(c1ccc(OCCF)cc1)c1ccc(-c2ccc([P+](C)(c3ccccc3)c3ccc(OCCF)cc3)cc2)cc1. The van der Waals surface area contributed by atoms with Crippen molar-refractivity contribution in [3.8, 4) is 22.6 Å². The predicted molar refractivity (Wildman–Crippen MR) is 213 cm³/mol. The van der Waals surface area contributed by atoms with Gasteiger partial charge in [-0.2, -0.15) is 0 Å². The fraction of sp³-hybridized carbons (Fsp3) is 0.136. The van der Waals surface area contributed by atoms with Gasteiger partial charge in [0.1, 0.15) is 84.4 Å². The zero-order valence-corrected chi connectivity index (χ0v) is 30.1. The standard InChI is InChI=1S/C44H42F2O2P2/c1-3-34-50(42-12-8-5-9-13-42,44-28-20-38(21-29-44)48-33-31-46)43-24-16-36(17-25-43)35-14-22-40(23-15-35)49(2,39-10-6-4-7-11-39)41-26-18-37(19-27-41)47-32-30-45/h3-29H,1,30-34H2,2H3/q+2. The number of halogens is 2. The van der Waals surface area contributed by atoms with Gasteiger partial charge in [-0.25, -0.2) is 8.78 Å². The summed E-state index contributed by atoms with van der Waals surface area (Å²) in [4.78, 5) is 0. The third kappa shape index (κ3) is 7.29. The zero-order valence-electron chi connectivity index (χ0n) is 28.3. The van der Waals surface area contributed by atoms with Crippen molar-refractivity contribution in [2.45, 2.75) is 0 Å². The van der Waals surface area contributed by atoms with Crippen LogP contribution in [0.25, 0.3) is 11.1 Å². The molecule has 252 valence electrons. The molecule has 0 aromatic heterocycles. The minimum Gasteiger partial charge on any atom is -0.491 e. The number of rotatable bonds is 15. The van der Waals surface area contributed by atoms with Crippen molar-refractivity contribution in [2.75, 3.05) is 39.4 Å². The quantitative estimate of drug-likeness (QED) is 0.0790. The van der Waals surface area contributed by atoms with Gasteiger partial charge < -0.3 is 9.47 Å². The Bertz CT molecular complexity index is 1950. The number of allylic oxidation sites excluding steroid dienone is 1. The van der Waals surface area contributed by atoms with Crippen molar-refractivity contribution in [3.05, 3.63) is 170 Å². The summed E-state index contributed by atoms with van der Waals surface area (Å²) in [5.41, 5.74) is 2.30. The van der Waals surface area contributed by atoms with Crippen LogP contribution in [0.15, 0.2) is 170 Å². The molecule has 6 aromatic carbocycles. The Morgan fingerprint density at radius 1 is 0.480 bits per heavy atom. The predicted octanol–water partition coefficient (Wildman–Crippen LogP) is 8.45. The molecule has 0 saturated carbocycles. The zero-order chi connectivity index (χ0) is 34.8. The van der Waals surface area contributed by atoms with Gasteiger partial charge in [0.25, 0.3) is 0 Å². The molecule has 0 aliphatic rings. The van der Waals surface area contributed by atoms with Crippen molar-refractivity contribution in [2.24, 2.45) is 0 Å². The lowest BCUT2D eigenvalue weighted by Crippen LogP contribution is -2.33. The normalized spacial score (nSPS) is 13.5. The van der Waals surface area contributed by atoms with Crippen LogP contribution in [0.3, 0.4) is 0 Å². The Morgan fingerprint density at radius 2 is 0.820 bits per heavy atom. The fourth-order valence-corrected chi connectivity index (χ4v) is 13.7. The summed E-state index contributed by atoms with van der Waals surface area (Å²) in [6.07, 6.45) is 2.83. The Hall–Kier alpha value is -4.62. The molecule has 6 heteroatoms. The lowest BCUT2D eigenvalue weighted by Gasteiger charge is -2.27. The molecule has 0 fully saturated rings. The molecular formula is C44H42F2O2P2+2. The molecule has 2 atom stereocenters. The van der Waals surface area contributed by atoms with E-state index in [0.717, 1.165) is 17.3 Å². The molecule has 0 saturated heterocycles. The molecule has 6 aromatic rings. The molecule has 0 spiro atoms. The third-order valence-corrected chi connectivity index (χ3v) is 17.6. The second-order valence-electron chi connectivity index (χ2n) is 12.1. The van der Waals surface area contributed by atoms with Gasteiger partial charge in [0.05, 0.1) is 12.8 Å². The first-order valence-electron chi connectivity index (χ1n) is 16.8. The number of alkyl halides is 2. The summed E-state index contributed by atoms with van der Waals surface area (Å²) in [5, 5.41) is 7.57. The summed E-state index contributed by atoms with van der Waals surface area (Å²) in [6.45, 7) is 5.61. The lowest BCUT2D eigenvalue weighted by atomic mass is 10.1. The average Bonchev–Trinajstić information content (AvgIpc) is 3.19. The van der Waals surface area contributed by atoms with Crippen molar-refractivity contribution in [3.63, 3.8) is 0 Å². The number of benzene rings is 6. The molecule has 50 heavy (non-hydrogen) atoms. The summed E-state index contributed by atoms with van der Waals surface area (Å²) in [6, 6.07) is 55.6. The van der Waals surface area contributed by atoms with E-state index in [0.29, 0.717) is 11.5 Å². The summed E-state index contributed by atoms with van der Waals surface area (Å²) < 4.78 is 36.5. The Balaban J connectivity index is 1.35. The minimum atomic E-state index is -2.09. The topological polar surface area (TPSA) is 18.5 Å². The number of hydrogen-bond acceptors (Lipinski definition) is 2. The van der Waals surface area contributed by atoms with E-state index in [1.807, 2.05) is 30.3 Å². The molecule has 0 aliphatic heterocycles. The Kier molecular flexibility index (Phi) is 11.5. The Morgan fingerprint density at radius 3 is 1.24 bits per heavy atom. The van der Waals surface area contributed by atoms with E-state index in [-0.39, 0.29) is 13.2 Å². The highest BCUT2D eigenvalue weighted by Crippen LogP contribution is 2.56. The smallest absolute Gasteiger partial charge is 0.123 e. The van der Waals surface area contributed by atoms with Crippen molar-refractivity contribution in [1.29, 1.82) is 0 Å². The molecule has 0 N–H and O–H groups in total. The Labute approximate surface area is 296 Å². The molecule has 0 amide bonds. The minimum absolute atomic E-state index is 0.0474. The van der Waals surface area contributed by atoms with E-state index < -0.39 is 27.9 Å².